The molecule has 4 atom stereocenters. The molecule has 0 radical (unpaired) electrons. The van der Waals surface area contributed by atoms with Crippen LogP contribution in [0.2, 0.25) is 10.0 Å². The number of ether oxygens (including phenoxy) is 2. The van der Waals surface area contributed by atoms with E-state index in [2.05, 4.69) is 5.32 Å². The van der Waals surface area contributed by atoms with Crippen molar-refractivity contribution in [2.45, 2.75) is 11.7 Å². The number of fused-ring (bicyclic) bond motifs is 5. The number of nitro groups is 1. The summed E-state index contributed by atoms with van der Waals surface area (Å²) in [6.07, 6.45) is 2.79. The fourth-order valence-corrected chi connectivity index (χ4v) is 5.17. The molecule has 0 aliphatic carbocycles. The van der Waals surface area contributed by atoms with E-state index in [1.54, 1.807) is 24.3 Å². The molecule has 3 amide bonds. The van der Waals surface area contributed by atoms with Crippen molar-refractivity contribution in [3.05, 3.63) is 74.8 Å². The number of hydrogen-bond donors (Lipinski definition) is 1. The Labute approximate surface area is 208 Å². The molecule has 2 aromatic rings. The first-order chi connectivity index (χ1) is 16.7. The van der Waals surface area contributed by atoms with Crippen molar-refractivity contribution < 1.29 is 28.8 Å². The van der Waals surface area contributed by atoms with Crippen molar-refractivity contribution in [3.63, 3.8) is 0 Å². The van der Waals surface area contributed by atoms with Gasteiger partial charge in [-0.15, -0.1) is 0 Å². The molecular weight excluding hydrogens is 501 g/mol. The van der Waals surface area contributed by atoms with Gasteiger partial charge in [-0.25, -0.2) is 4.90 Å². The fourth-order valence-electron chi connectivity index (χ4n) is 4.71. The molecule has 5 rings (SSSR count). The summed E-state index contributed by atoms with van der Waals surface area (Å²) >= 11 is 11.9. The number of amides is 3. The highest BCUT2D eigenvalue weighted by Gasteiger charge is 2.67. The maximum Gasteiger partial charge on any atom is 0.269 e. The molecule has 0 saturated carbocycles. The number of benzene rings is 2. The van der Waals surface area contributed by atoms with Crippen molar-refractivity contribution in [1.82, 2.24) is 5.32 Å². The highest BCUT2D eigenvalue weighted by molar-refractivity contribution is 6.35. The molecule has 10 nitrogen and oxygen atoms in total. The number of imide groups is 1. The summed E-state index contributed by atoms with van der Waals surface area (Å²) in [5, 5.41) is 14.3. The molecule has 12 heteroatoms. The zero-order valence-electron chi connectivity index (χ0n) is 17.9. The molecule has 2 bridgehead atoms. The van der Waals surface area contributed by atoms with Crippen LogP contribution in [-0.4, -0.2) is 47.5 Å². The predicted molar refractivity (Wildman–Crippen MR) is 124 cm³/mol. The molecule has 2 aromatic carbocycles. The minimum absolute atomic E-state index is 0.0508. The van der Waals surface area contributed by atoms with Crippen LogP contribution in [0, 0.1) is 22.0 Å². The van der Waals surface area contributed by atoms with Gasteiger partial charge in [0.15, 0.2) is 6.61 Å². The Morgan fingerprint density at radius 1 is 1.17 bits per heavy atom. The third-order valence-electron chi connectivity index (χ3n) is 6.29. The minimum atomic E-state index is -1.19. The van der Waals surface area contributed by atoms with Crippen molar-refractivity contribution in [3.8, 4) is 5.75 Å². The van der Waals surface area contributed by atoms with E-state index in [0.717, 1.165) is 4.90 Å². The Balaban J connectivity index is 1.28. The van der Waals surface area contributed by atoms with E-state index in [1.807, 2.05) is 0 Å². The highest BCUT2D eigenvalue weighted by atomic mass is 35.5. The van der Waals surface area contributed by atoms with Crippen LogP contribution in [0.4, 0.5) is 11.4 Å². The average Bonchev–Trinajstić information content (AvgIpc) is 3.47. The normalized spacial score (nSPS) is 26.2. The standard InChI is InChI=1S/C23H17Cl2N3O7/c24-12-1-6-16(15(25)9-12)34-10-18(29)26-11-23-8-7-17(35-23)19-20(23)22(31)27(21(19)30)13-2-4-14(5-3-13)28(32)33/h1-9,17,19-20H,10-11H2,(H,26,29)/t17-,19-,20-,23-/m1/s1. The lowest BCUT2D eigenvalue weighted by atomic mass is 9.77. The summed E-state index contributed by atoms with van der Waals surface area (Å²) in [4.78, 5) is 50.3. The van der Waals surface area contributed by atoms with Gasteiger partial charge in [-0.3, -0.25) is 24.5 Å². The minimum Gasteiger partial charge on any atom is -0.482 e. The van der Waals surface area contributed by atoms with Gasteiger partial charge in [0.25, 0.3) is 11.6 Å². The van der Waals surface area contributed by atoms with Gasteiger partial charge < -0.3 is 14.8 Å². The van der Waals surface area contributed by atoms with Gasteiger partial charge in [-0.1, -0.05) is 35.4 Å². The zero-order valence-corrected chi connectivity index (χ0v) is 19.4. The predicted octanol–water partition coefficient (Wildman–Crippen LogP) is 2.91. The highest BCUT2D eigenvalue weighted by Crippen LogP contribution is 2.52. The molecule has 3 heterocycles. The molecule has 0 aromatic heterocycles. The van der Waals surface area contributed by atoms with E-state index in [-0.39, 0.29) is 35.3 Å². The molecule has 0 unspecified atom stereocenters. The van der Waals surface area contributed by atoms with Crippen LogP contribution in [0.1, 0.15) is 0 Å². The maximum atomic E-state index is 13.3. The number of nitro benzene ring substituents is 1. The summed E-state index contributed by atoms with van der Waals surface area (Å²) in [5.74, 6) is -2.71. The number of hydrogen-bond acceptors (Lipinski definition) is 7. The van der Waals surface area contributed by atoms with E-state index in [9.17, 15) is 24.5 Å². The molecule has 0 spiro atoms. The van der Waals surface area contributed by atoms with Crippen LogP contribution in [0.15, 0.2) is 54.6 Å². The van der Waals surface area contributed by atoms with Crippen molar-refractivity contribution in [2.24, 2.45) is 11.8 Å². The van der Waals surface area contributed by atoms with Crippen LogP contribution in [-0.2, 0) is 19.1 Å². The first-order valence-electron chi connectivity index (χ1n) is 10.5. The van der Waals surface area contributed by atoms with Crippen LogP contribution >= 0.6 is 23.2 Å². The Morgan fingerprint density at radius 3 is 2.60 bits per heavy atom. The van der Waals surface area contributed by atoms with E-state index in [1.165, 1.54) is 30.3 Å². The van der Waals surface area contributed by atoms with Gasteiger partial charge in [-0.2, -0.15) is 0 Å². The van der Waals surface area contributed by atoms with Crippen molar-refractivity contribution >= 4 is 52.3 Å². The first kappa shape index (κ1) is 23.3. The monoisotopic (exact) mass is 517 g/mol. The molecule has 180 valence electrons. The number of carbonyl (C=O) groups excluding carboxylic acids is 3. The Kier molecular flexibility index (Phi) is 5.74. The second-order valence-electron chi connectivity index (χ2n) is 8.33. The third kappa shape index (κ3) is 3.93. The van der Waals surface area contributed by atoms with Crippen LogP contribution < -0.4 is 15.0 Å². The van der Waals surface area contributed by atoms with Gasteiger partial charge in [-0.05, 0) is 30.3 Å². The summed E-state index contributed by atoms with van der Waals surface area (Å²) in [6.45, 7) is -0.384. The molecule has 2 fully saturated rings. The quantitative estimate of drug-likeness (QED) is 0.258. The number of nitrogens with one attached hydrogen (secondary N) is 1. The summed E-state index contributed by atoms with van der Waals surface area (Å²) < 4.78 is 11.4. The van der Waals surface area contributed by atoms with E-state index in [0.29, 0.717) is 5.02 Å². The number of nitrogens with zero attached hydrogens (tertiary/aromatic N) is 2. The van der Waals surface area contributed by atoms with Crippen LogP contribution in [0.3, 0.4) is 0 Å². The van der Waals surface area contributed by atoms with Crippen LogP contribution in [0.5, 0.6) is 5.75 Å². The van der Waals surface area contributed by atoms with Gasteiger partial charge in [0.05, 0.1) is 40.1 Å². The SMILES string of the molecule is O=C(COc1ccc(Cl)cc1Cl)NC[C@@]12C=C[C@@H](O1)[C@H]1C(=O)N(c3ccc([N+](=O)[O-])cc3)C(=O)[C@@H]12. The molecule has 3 aliphatic heterocycles. The number of anilines is 1. The smallest absolute Gasteiger partial charge is 0.269 e. The number of carbonyl (C=O) groups is 3. The lowest BCUT2D eigenvalue weighted by Crippen LogP contribution is -2.49. The second-order valence-corrected chi connectivity index (χ2v) is 9.17. The van der Waals surface area contributed by atoms with Gasteiger partial charge >= 0.3 is 0 Å². The lowest BCUT2D eigenvalue weighted by molar-refractivity contribution is -0.384. The average molecular weight is 518 g/mol. The van der Waals surface area contributed by atoms with Gasteiger partial charge in [0.1, 0.15) is 11.4 Å². The molecular formula is C23H17Cl2N3O7. The third-order valence-corrected chi connectivity index (χ3v) is 6.82. The molecule has 3 aliphatic rings. The second kappa shape index (κ2) is 8.63. The summed E-state index contributed by atoms with van der Waals surface area (Å²) in [7, 11) is 0. The number of halogens is 2. The summed E-state index contributed by atoms with van der Waals surface area (Å²) in [5.41, 5.74) is -1.10. The molecule has 35 heavy (non-hydrogen) atoms. The molecule has 2 saturated heterocycles. The van der Waals surface area contributed by atoms with E-state index in [4.69, 9.17) is 32.7 Å². The van der Waals surface area contributed by atoms with Crippen LogP contribution in [0.25, 0.3) is 0 Å². The Hall–Kier alpha value is -3.47. The summed E-state index contributed by atoms with van der Waals surface area (Å²) in [6, 6.07) is 9.80. The lowest BCUT2D eigenvalue weighted by Gasteiger charge is -2.29. The molecule has 1 N–H and O–H groups in total. The largest absolute Gasteiger partial charge is 0.482 e. The number of non-ortho nitro benzene ring substituents is 1. The van der Waals surface area contributed by atoms with E-state index >= 15 is 0 Å². The topological polar surface area (TPSA) is 128 Å². The van der Waals surface area contributed by atoms with Crippen molar-refractivity contribution in [1.29, 1.82) is 0 Å². The van der Waals surface area contributed by atoms with Crippen molar-refractivity contribution in [2.75, 3.05) is 18.1 Å². The Bertz CT molecular complexity index is 1280. The maximum absolute atomic E-state index is 13.3. The number of rotatable bonds is 7. The Morgan fingerprint density at radius 2 is 1.91 bits per heavy atom. The van der Waals surface area contributed by atoms with Gasteiger partial charge in [0.2, 0.25) is 11.8 Å². The fraction of sp³-hybridized carbons (Fsp3) is 0.261. The first-order valence-corrected chi connectivity index (χ1v) is 11.3. The van der Waals surface area contributed by atoms with E-state index < -0.39 is 46.2 Å². The zero-order chi connectivity index (χ0) is 24.9. The van der Waals surface area contributed by atoms with Gasteiger partial charge in [0, 0.05) is 17.2 Å².